The maximum absolute atomic E-state index is 4.76. The van der Waals surface area contributed by atoms with Gasteiger partial charge in [-0.25, -0.2) is 4.98 Å². The number of aromatic nitrogens is 2. The molecule has 3 N–H and O–H groups in total. The highest BCUT2D eigenvalue weighted by atomic mass is 32.1. The van der Waals surface area contributed by atoms with E-state index in [1.807, 2.05) is 29.5 Å². The van der Waals surface area contributed by atoms with Crippen molar-refractivity contribution in [2.45, 2.75) is 32.2 Å². The minimum absolute atomic E-state index is 0.472. The zero-order valence-corrected chi connectivity index (χ0v) is 17.1. The zero-order valence-electron chi connectivity index (χ0n) is 16.3. The van der Waals surface area contributed by atoms with Crippen LogP contribution in [0.15, 0.2) is 46.8 Å². The fourth-order valence-corrected chi connectivity index (χ4v) is 4.39. The van der Waals surface area contributed by atoms with Gasteiger partial charge < -0.3 is 20.5 Å². The second-order valence-electron chi connectivity index (χ2n) is 7.07. The number of imidazole rings is 1. The molecule has 2 aromatic heterocycles. The molecule has 0 radical (unpaired) electrons. The maximum atomic E-state index is 4.76. The molecule has 0 bridgehead atoms. The Bertz CT molecular complexity index is 860. The highest BCUT2D eigenvalue weighted by Crippen LogP contribution is 2.24. The van der Waals surface area contributed by atoms with Gasteiger partial charge in [0.2, 0.25) is 0 Å². The van der Waals surface area contributed by atoms with Gasteiger partial charge >= 0.3 is 0 Å². The van der Waals surface area contributed by atoms with Gasteiger partial charge in [0.05, 0.1) is 16.0 Å². The van der Waals surface area contributed by atoms with Crippen molar-refractivity contribution in [1.29, 1.82) is 0 Å². The van der Waals surface area contributed by atoms with E-state index in [1.54, 1.807) is 0 Å². The topological polar surface area (TPSA) is 68.3 Å². The molecule has 0 saturated carbocycles. The second-order valence-corrected chi connectivity index (χ2v) is 7.99. The van der Waals surface area contributed by atoms with Gasteiger partial charge in [-0.1, -0.05) is 12.1 Å². The van der Waals surface area contributed by atoms with Crippen molar-refractivity contribution in [3.05, 3.63) is 47.6 Å². The Hall–Kier alpha value is -2.54. The number of nitrogens with zero attached hydrogens (tertiary/aromatic N) is 3. The highest BCUT2D eigenvalue weighted by Gasteiger charge is 2.20. The first-order valence-corrected chi connectivity index (χ1v) is 11.0. The predicted molar refractivity (Wildman–Crippen MR) is 118 cm³/mol. The van der Waals surface area contributed by atoms with Crippen molar-refractivity contribution in [2.24, 2.45) is 4.99 Å². The number of aromatic amines is 1. The zero-order chi connectivity index (χ0) is 19.2. The first-order chi connectivity index (χ1) is 13.8. The van der Waals surface area contributed by atoms with Crippen LogP contribution in [-0.4, -0.2) is 48.1 Å². The lowest BCUT2D eigenvalue weighted by atomic mass is 10.1. The van der Waals surface area contributed by atoms with Crippen LogP contribution in [0.2, 0.25) is 0 Å². The summed E-state index contributed by atoms with van der Waals surface area (Å²) in [5, 5.41) is 10.5. The minimum atomic E-state index is 0.472. The molecule has 1 saturated heterocycles. The minimum Gasteiger partial charge on any atom is -0.363 e. The number of rotatable bonds is 6. The van der Waals surface area contributed by atoms with E-state index in [0.29, 0.717) is 12.6 Å². The first kappa shape index (κ1) is 18.8. The third kappa shape index (κ3) is 4.65. The molecular formula is C21H28N6S. The number of guanidine groups is 1. The van der Waals surface area contributed by atoms with Crippen LogP contribution < -0.4 is 15.5 Å². The first-order valence-electron chi connectivity index (χ1n) is 10.1. The van der Waals surface area contributed by atoms with Crippen LogP contribution in [0.5, 0.6) is 0 Å². The Labute approximate surface area is 170 Å². The van der Waals surface area contributed by atoms with Crippen molar-refractivity contribution >= 4 is 33.3 Å². The molecule has 3 heterocycles. The lowest BCUT2D eigenvalue weighted by Gasteiger charge is -2.33. The Morgan fingerprint density at radius 2 is 2.11 bits per heavy atom. The number of aliphatic imine (C=N–C) groups is 1. The SMILES string of the molecule is CCNC(=NCCc1nc2ccccc2[nH]1)NC1CCN(c2cccs2)CC1. The molecule has 0 aliphatic carbocycles. The number of thiophene rings is 1. The average molecular weight is 397 g/mol. The number of para-hydroxylation sites is 2. The molecule has 3 aromatic rings. The molecule has 0 unspecified atom stereocenters. The van der Waals surface area contributed by atoms with Crippen LogP contribution in [-0.2, 0) is 6.42 Å². The predicted octanol–water partition coefficient (Wildman–Crippen LogP) is 3.39. The number of anilines is 1. The molecule has 1 aliphatic rings. The molecule has 1 aromatic carbocycles. The Morgan fingerprint density at radius 3 is 2.86 bits per heavy atom. The van der Waals surface area contributed by atoms with Crippen molar-refractivity contribution in [3.63, 3.8) is 0 Å². The summed E-state index contributed by atoms with van der Waals surface area (Å²) in [6, 6.07) is 12.9. The van der Waals surface area contributed by atoms with Gasteiger partial charge in [0, 0.05) is 38.6 Å². The highest BCUT2D eigenvalue weighted by molar-refractivity contribution is 7.14. The largest absolute Gasteiger partial charge is 0.363 e. The van der Waals surface area contributed by atoms with Crippen LogP contribution in [0.3, 0.4) is 0 Å². The van der Waals surface area contributed by atoms with Crippen LogP contribution >= 0.6 is 11.3 Å². The third-order valence-electron chi connectivity index (χ3n) is 5.05. The fraction of sp³-hybridized carbons (Fsp3) is 0.429. The van der Waals surface area contributed by atoms with Gasteiger partial charge in [0.25, 0.3) is 0 Å². The quantitative estimate of drug-likeness (QED) is 0.441. The summed E-state index contributed by atoms with van der Waals surface area (Å²) in [5.74, 6) is 1.90. The van der Waals surface area contributed by atoms with Crippen molar-refractivity contribution in [3.8, 4) is 0 Å². The summed E-state index contributed by atoms with van der Waals surface area (Å²) < 4.78 is 0. The van der Waals surface area contributed by atoms with Crippen LogP contribution in [0.25, 0.3) is 11.0 Å². The van der Waals surface area contributed by atoms with Gasteiger partial charge in [-0.15, -0.1) is 11.3 Å². The smallest absolute Gasteiger partial charge is 0.191 e. The van der Waals surface area contributed by atoms with E-state index in [1.165, 1.54) is 5.00 Å². The Morgan fingerprint density at radius 1 is 1.25 bits per heavy atom. The van der Waals surface area contributed by atoms with Crippen LogP contribution in [0, 0.1) is 0 Å². The molecule has 148 valence electrons. The molecular weight excluding hydrogens is 368 g/mol. The van der Waals surface area contributed by atoms with Gasteiger partial charge in [-0.2, -0.15) is 0 Å². The number of hydrogen-bond acceptors (Lipinski definition) is 4. The summed E-state index contributed by atoms with van der Waals surface area (Å²) >= 11 is 1.82. The molecule has 0 atom stereocenters. The molecule has 7 heteroatoms. The summed E-state index contributed by atoms with van der Waals surface area (Å²) in [6.45, 7) is 5.87. The maximum Gasteiger partial charge on any atom is 0.191 e. The van der Waals surface area contributed by atoms with Gasteiger partial charge in [0.15, 0.2) is 5.96 Å². The monoisotopic (exact) mass is 396 g/mol. The molecule has 0 spiro atoms. The number of benzene rings is 1. The summed E-state index contributed by atoms with van der Waals surface area (Å²) in [4.78, 5) is 15.3. The average Bonchev–Trinajstić information content (AvgIpc) is 3.38. The Balaban J connectivity index is 1.29. The molecule has 1 fully saturated rings. The van der Waals surface area contributed by atoms with Gasteiger partial charge in [-0.05, 0) is 49.4 Å². The number of nitrogens with one attached hydrogen (secondary N) is 3. The van der Waals surface area contributed by atoms with E-state index in [9.17, 15) is 0 Å². The van der Waals surface area contributed by atoms with E-state index in [-0.39, 0.29) is 0 Å². The lowest BCUT2D eigenvalue weighted by Crippen LogP contribution is -2.48. The molecule has 28 heavy (non-hydrogen) atoms. The van der Waals surface area contributed by atoms with Crippen LogP contribution in [0.4, 0.5) is 5.00 Å². The normalized spacial score (nSPS) is 15.9. The second kappa shape index (κ2) is 9.10. The van der Waals surface area contributed by atoms with E-state index in [0.717, 1.165) is 61.7 Å². The van der Waals surface area contributed by atoms with E-state index >= 15 is 0 Å². The lowest BCUT2D eigenvalue weighted by molar-refractivity contribution is 0.463. The summed E-state index contributed by atoms with van der Waals surface area (Å²) in [7, 11) is 0. The van der Waals surface area contributed by atoms with E-state index in [4.69, 9.17) is 4.99 Å². The third-order valence-corrected chi connectivity index (χ3v) is 5.98. The van der Waals surface area contributed by atoms with E-state index in [2.05, 4.69) is 56.0 Å². The number of H-pyrrole nitrogens is 1. The van der Waals surface area contributed by atoms with Gasteiger partial charge in [0.1, 0.15) is 5.82 Å². The summed E-state index contributed by atoms with van der Waals surface area (Å²) in [5.41, 5.74) is 2.10. The number of hydrogen-bond donors (Lipinski definition) is 3. The van der Waals surface area contributed by atoms with Crippen molar-refractivity contribution < 1.29 is 0 Å². The molecule has 1 aliphatic heterocycles. The molecule has 6 nitrogen and oxygen atoms in total. The number of fused-ring (bicyclic) bond motifs is 1. The molecule has 4 rings (SSSR count). The van der Waals surface area contributed by atoms with Gasteiger partial charge in [-0.3, -0.25) is 4.99 Å². The van der Waals surface area contributed by atoms with Crippen molar-refractivity contribution in [2.75, 3.05) is 31.1 Å². The van der Waals surface area contributed by atoms with E-state index < -0.39 is 0 Å². The summed E-state index contributed by atoms with van der Waals surface area (Å²) in [6.07, 6.45) is 3.07. The van der Waals surface area contributed by atoms with Crippen molar-refractivity contribution in [1.82, 2.24) is 20.6 Å². The fourth-order valence-electron chi connectivity index (χ4n) is 3.61. The molecule has 0 amide bonds. The van der Waals surface area contributed by atoms with Crippen LogP contribution in [0.1, 0.15) is 25.6 Å². The Kier molecular flexibility index (Phi) is 6.11. The number of piperidine rings is 1. The standard InChI is InChI=1S/C21H28N6S/c1-2-22-21(23-12-9-19-25-17-6-3-4-7-18(17)26-19)24-16-10-13-27(14-11-16)20-8-5-15-28-20/h3-8,15-16H,2,9-14H2,1H3,(H,25,26)(H2,22,23,24).